The van der Waals surface area contributed by atoms with Gasteiger partial charge in [-0.15, -0.1) is 0 Å². The molecule has 9 N–H and O–H groups in total. The average molecular weight is 690 g/mol. The summed E-state index contributed by atoms with van der Waals surface area (Å²) in [6.07, 6.45) is 2.62. The zero-order chi connectivity index (χ0) is 37.0. The van der Waals surface area contributed by atoms with Gasteiger partial charge in [0.05, 0.1) is 18.0 Å². The number of aliphatic imine (C=N–C) groups is 1. The highest BCUT2D eigenvalue weighted by molar-refractivity contribution is 5.98. The van der Waals surface area contributed by atoms with Crippen molar-refractivity contribution < 1.29 is 9.59 Å². The Morgan fingerprint density at radius 2 is 1.67 bits per heavy atom. The van der Waals surface area contributed by atoms with Crippen LogP contribution < -0.4 is 33.4 Å². The van der Waals surface area contributed by atoms with Crippen molar-refractivity contribution in [3.05, 3.63) is 106 Å². The third-order valence-corrected chi connectivity index (χ3v) is 10.9. The van der Waals surface area contributed by atoms with Gasteiger partial charge in [-0.3, -0.25) is 20.4 Å². The Hall–Kier alpha value is -5.18. The Balaban J connectivity index is 0.000000488. The summed E-state index contributed by atoms with van der Waals surface area (Å²) in [5.41, 5.74) is 22.6. The molecule has 1 heterocycles. The molecule has 1 saturated heterocycles. The van der Waals surface area contributed by atoms with Crippen LogP contribution in [0.15, 0.2) is 72.2 Å². The van der Waals surface area contributed by atoms with E-state index in [0.717, 1.165) is 34.2 Å². The third kappa shape index (κ3) is 7.34. The van der Waals surface area contributed by atoms with Crippen LogP contribution in [-0.2, 0) is 23.1 Å². The number of fused-ring (bicyclic) bond motifs is 3. The molecule has 0 bridgehead atoms. The van der Waals surface area contributed by atoms with E-state index in [2.05, 4.69) is 83.9 Å². The fourth-order valence-electron chi connectivity index (χ4n) is 8.04. The lowest BCUT2D eigenvalue weighted by molar-refractivity contribution is -0.131. The van der Waals surface area contributed by atoms with E-state index in [0.29, 0.717) is 48.2 Å². The largest absolute Gasteiger partial charge is 0.388 e. The molecular weight excluding hydrogens is 639 g/mol. The van der Waals surface area contributed by atoms with Gasteiger partial charge in [-0.2, -0.15) is 5.26 Å². The van der Waals surface area contributed by atoms with Crippen molar-refractivity contribution >= 4 is 29.0 Å². The van der Waals surface area contributed by atoms with Gasteiger partial charge in [0.1, 0.15) is 11.9 Å². The molecule has 3 aromatic carbocycles. The van der Waals surface area contributed by atoms with E-state index in [1.54, 1.807) is 18.0 Å². The van der Waals surface area contributed by atoms with Gasteiger partial charge in [0.15, 0.2) is 0 Å². The Morgan fingerprint density at radius 1 is 1.06 bits per heavy atom. The molecule has 6 atom stereocenters. The van der Waals surface area contributed by atoms with Crippen LogP contribution in [0.25, 0.3) is 5.70 Å². The number of carbonyl (C=O) groups excluding carboxylic acids is 2. The minimum absolute atomic E-state index is 0.0540. The fourth-order valence-corrected chi connectivity index (χ4v) is 8.04. The number of nitrogens with zero attached hydrogens (tertiary/aromatic N) is 3. The van der Waals surface area contributed by atoms with Crippen LogP contribution in [0.4, 0.5) is 5.69 Å². The molecule has 5 unspecified atom stereocenters. The monoisotopic (exact) mass is 689 g/mol. The maximum Gasteiger partial charge on any atom is 0.248 e. The molecule has 0 radical (unpaired) electrons. The summed E-state index contributed by atoms with van der Waals surface area (Å²) in [5, 5.41) is 16.1. The SMILES string of the molecule is C=C(NN)c1ccc2c(c1)CCc1cc(C(N)=O)ccc1C2(C[C@@H](C)NCC(=O)N1C(C#N)CC2C(C)C21)C(N)=NC.CNc1ccc(C)cc1. The summed E-state index contributed by atoms with van der Waals surface area (Å²) in [5.74, 6) is 6.42. The van der Waals surface area contributed by atoms with E-state index in [1.807, 2.05) is 32.2 Å². The molecule has 51 heavy (non-hydrogen) atoms. The molecule has 2 aliphatic carbocycles. The molecule has 0 aromatic heterocycles. The molecule has 3 aromatic rings. The Bertz CT molecular complexity index is 1860. The first kappa shape index (κ1) is 37.1. The van der Waals surface area contributed by atoms with Crippen molar-refractivity contribution in [2.45, 2.75) is 70.0 Å². The van der Waals surface area contributed by atoms with Gasteiger partial charge in [-0.05, 0) is 110 Å². The van der Waals surface area contributed by atoms with E-state index < -0.39 is 11.3 Å². The minimum atomic E-state index is -0.851. The Labute approximate surface area is 301 Å². The van der Waals surface area contributed by atoms with Gasteiger partial charge in [-0.1, -0.05) is 49.4 Å². The van der Waals surface area contributed by atoms with Crippen molar-refractivity contribution in [1.29, 1.82) is 5.26 Å². The normalized spacial score (nSPS) is 23.5. The second-order valence-electron chi connectivity index (χ2n) is 14.0. The molecule has 11 nitrogen and oxygen atoms in total. The Kier molecular flexibility index (Phi) is 11.2. The summed E-state index contributed by atoms with van der Waals surface area (Å²) in [6.45, 7) is 10.4. The zero-order valence-corrected chi connectivity index (χ0v) is 30.3. The lowest BCUT2D eigenvalue weighted by Gasteiger charge is -2.38. The van der Waals surface area contributed by atoms with Crippen LogP contribution in [0.1, 0.15) is 70.4 Å². The van der Waals surface area contributed by atoms with E-state index in [-0.39, 0.29) is 30.6 Å². The molecule has 1 aliphatic heterocycles. The highest BCUT2D eigenvalue weighted by atomic mass is 16.2. The topological polar surface area (TPSA) is 188 Å². The second kappa shape index (κ2) is 15.4. The number of carbonyl (C=O) groups is 2. The molecule has 0 spiro atoms. The summed E-state index contributed by atoms with van der Waals surface area (Å²) in [7, 11) is 3.60. The quantitative estimate of drug-likeness (QED) is 0.0804. The van der Waals surface area contributed by atoms with Crippen LogP contribution in [0, 0.1) is 30.1 Å². The number of hydrazine groups is 1. The molecule has 2 fully saturated rings. The van der Waals surface area contributed by atoms with Crippen molar-refractivity contribution in [3.8, 4) is 6.07 Å². The summed E-state index contributed by atoms with van der Waals surface area (Å²) in [4.78, 5) is 31.8. The number of nitrogens with one attached hydrogen (secondary N) is 3. The summed E-state index contributed by atoms with van der Waals surface area (Å²) in [6, 6.07) is 21.9. The Morgan fingerprint density at radius 3 is 2.22 bits per heavy atom. The lowest BCUT2D eigenvalue weighted by atomic mass is 9.67. The number of primary amides is 1. The van der Waals surface area contributed by atoms with Crippen molar-refractivity contribution in [2.24, 2.45) is 34.1 Å². The standard InChI is InChI=1S/C32H40N8O2.C8H11N/c1-17(38-16-28(41)40-24(15-33)13-25-18(2)29(25)40)14-32(31(35)37-4)26-9-7-20(19(3)39-36)11-21(26)5-6-22-12-23(30(34)42)8-10-27(22)32;1-7-3-5-8(9-2)6-4-7/h7-12,17-18,24-25,29,38-39H,3,5-6,13-14,16,36H2,1-2,4H3,(H2,34,42)(H2,35,37);3-6,9H,1-2H3/t17-,18?,24?,25?,29?,32?;/m1./s1. The molecule has 3 aliphatic rings. The van der Waals surface area contributed by atoms with E-state index in [1.165, 1.54) is 11.3 Å². The molecular formula is C40H51N9O2. The molecule has 2 amide bonds. The molecule has 11 heteroatoms. The number of rotatable bonds is 10. The van der Waals surface area contributed by atoms with Gasteiger partial charge >= 0.3 is 0 Å². The zero-order valence-electron chi connectivity index (χ0n) is 30.3. The minimum Gasteiger partial charge on any atom is -0.388 e. The number of piperidine rings is 1. The van der Waals surface area contributed by atoms with Crippen molar-refractivity contribution in [3.63, 3.8) is 0 Å². The number of anilines is 1. The number of likely N-dealkylation sites (tertiary alicyclic amines) is 1. The van der Waals surface area contributed by atoms with Crippen LogP contribution in [0.2, 0.25) is 0 Å². The third-order valence-electron chi connectivity index (χ3n) is 10.9. The van der Waals surface area contributed by atoms with E-state index in [4.69, 9.17) is 17.3 Å². The number of hydrogen-bond donors (Lipinski definition) is 6. The molecule has 268 valence electrons. The predicted octanol–water partition coefficient (Wildman–Crippen LogP) is 3.76. The second-order valence-corrected chi connectivity index (χ2v) is 14.0. The highest BCUT2D eigenvalue weighted by Crippen LogP contribution is 2.53. The van der Waals surface area contributed by atoms with Crippen molar-refractivity contribution in [2.75, 3.05) is 26.0 Å². The lowest BCUT2D eigenvalue weighted by Crippen LogP contribution is -2.50. The van der Waals surface area contributed by atoms with Crippen LogP contribution >= 0.6 is 0 Å². The number of amidine groups is 1. The summed E-state index contributed by atoms with van der Waals surface area (Å²) >= 11 is 0. The fraction of sp³-hybridized carbons (Fsp3) is 0.400. The number of benzene rings is 3. The number of nitriles is 1. The van der Waals surface area contributed by atoms with E-state index >= 15 is 0 Å². The first-order chi connectivity index (χ1) is 24.4. The maximum absolute atomic E-state index is 13.3. The van der Waals surface area contributed by atoms with Gasteiger partial charge in [0.25, 0.3) is 0 Å². The van der Waals surface area contributed by atoms with Gasteiger partial charge < -0.3 is 32.4 Å². The van der Waals surface area contributed by atoms with Gasteiger partial charge in [0.2, 0.25) is 11.8 Å². The van der Waals surface area contributed by atoms with E-state index in [9.17, 15) is 14.9 Å². The summed E-state index contributed by atoms with van der Waals surface area (Å²) < 4.78 is 0. The van der Waals surface area contributed by atoms with Crippen LogP contribution in [0.5, 0.6) is 0 Å². The highest BCUT2D eigenvalue weighted by Gasteiger charge is 2.60. The smallest absolute Gasteiger partial charge is 0.248 e. The first-order valence-electron chi connectivity index (χ1n) is 17.5. The van der Waals surface area contributed by atoms with Gasteiger partial charge in [0, 0.05) is 43.1 Å². The van der Waals surface area contributed by atoms with Crippen LogP contribution in [-0.4, -0.2) is 61.3 Å². The van der Waals surface area contributed by atoms with Crippen LogP contribution in [0.3, 0.4) is 0 Å². The molecule has 1 saturated carbocycles. The number of amides is 2. The number of nitrogens with two attached hydrogens (primary N) is 3. The number of aryl methyl sites for hydroxylation is 3. The first-order valence-corrected chi connectivity index (χ1v) is 17.5. The molecule has 6 rings (SSSR count). The van der Waals surface area contributed by atoms with Crippen molar-refractivity contribution in [1.82, 2.24) is 15.6 Å². The average Bonchev–Trinajstić information content (AvgIpc) is 3.62. The number of hydrogen-bond acceptors (Lipinski definition) is 8. The predicted molar refractivity (Wildman–Crippen MR) is 204 cm³/mol. The van der Waals surface area contributed by atoms with Gasteiger partial charge in [-0.25, -0.2) is 0 Å². The maximum atomic E-state index is 13.3.